The molecule has 0 aliphatic heterocycles. The molecular weight excluding hydrogens is 412 g/mol. The number of nitro benzene ring substituents is 1. The molecule has 0 aliphatic rings. The van der Waals surface area contributed by atoms with E-state index in [9.17, 15) is 14.9 Å². The number of hydrogen-bond donors (Lipinski definition) is 2. The highest BCUT2D eigenvalue weighted by Crippen LogP contribution is 2.25. The number of rotatable bonds is 11. The van der Waals surface area contributed by atoms with Crippen LogP contribution in [0.2, 0.25) is 0 Å². The molecule has 0 radical (unpaired) electrons. The van der Waals surface area contributed by atoms with Gasteiger partial charge in [0, 0.05) is 38.0 Å². The number of nitrogens with zero attached hydrogens (tertiary/aromatic N) is 2. The van der Waals surface area contributed by atoms with E-state index in [-0.39, 0.29) is 17.8 Å². The second kappa shape index (κ2) is 11.4. The van der Waals surface area contributed by atoms with Crippen LogP contribution in [0.3, 0.4) is 0 Å². The van der Waals surface area contributed by atoms with Gasteiger partial charge in [-0.25, -0.2) is 0 Å². The van der Waals surface area contributed by atoms with E-state index in [0.29, 0.717) is 31.2 Å². The van der Waals surface area contributed by atoms with Crippen molar-refractivity contribution in [2.24, 2.45) is 0 Å². The number of carbonyl (C=O) groups excluding carboxylic acids is 1. The lowest BCUT2D eigenvalue weighted by molar-refractivity contribution is -0.384. The summed E-state index contributed by atoms with van der Waals surface area (Å²) in [6, 6.07) is 17.3. The topological polar surface area (TPSA) is 116 Å². The summed E-state index contributed by atoms with van der Waals surface area (Å²) in [5.74, 6) is 0.251. The van der Waals surface area contributed by atoms with E-state index in [4.69, 9.17) is 9.47 Å². The first-order chi connectivity index (χ1) is 15.6. The van der Waals surface area contributed by atoms with Gasteiger partial charge in [-0.2, -0.15) is 0 Å². The highest BCUT2D eigenvalue weighted by Gasteiger charge is 2.17. The van der Waals surface area contributed by atoms with E-state index < -0.39 is 10.8 Å². The third-order valence-electron chi connectivity index (χ3n) is 4.54. The van der Waals surface area contributed by atoms with E-state index in [1.807, 2.05) is 42.5 Å². The summed E-state index contributed by atoms with van der Waals surface area (Å²) in [6.07, 6.45) is 1.71. The van der Waals surface area contributed by atoms with Crippen molar-refractivity contribution in [3.63, 3.8) is 0 Å². The van der Waals surface area contributed by atoms with E-state index in [1.54, 1.807) is 19.4 Å². The molecule has 0 saturated heterocycles. The molecule has 0 fully saturated rings. The van der Waals surface area contributed by atoms with Gasteiger partial charge in [0.15, 0.2) is 0 Å². The molecule has 0 saturated carbocycles. The molecule has 2 N–H and O–H groups in total. The molecule has 9 heteroatoms. The lowest BCUT2D eigenvalue weighted by Gasteiger charge is -2.10. The average molecular weight is 436 g/mol. The van der Waals surface area contributed by atoms with Gasteiger partial charge in [-0.15, -0.1) is 0 Å². The fourth-order valence-electron chi connectivity index (χ4n) is 2.93. The Morgan fingerprint density at radius 2 is 2.00 bits per heavy atom. The van der Waals surface area contributed by atoms with Crippen LogP contribution in [0.4, 0.5) is 11.4 Å². The average Bonchev–Trinajstić information content (AvgIpc) is 2.82. The van der Waals surface area contributed by atoms with Crippen molar-refractivity contribution in [1.29, 1.82) is 0 Å². The fourth-order valence-corrected chi connectivity index (χ4v) is 2.93. The van der Waals surface area contributed by atoms with Gasteiger partial charge in [0.2, 0.25) is 0 Å². The number of benzene rings is 2. The Morgan fingerprint density at radius 1 is 1.12 bits per heavy atom. The van der Waals surface area contributed by atoms with Crippen LogP contribution in [0.1, 0.15) is 21.6 Å². The molecular formula is C23H24N4O5. The zero-order valence-electron chi connectivity index (χ0n) is 17.6. The number of nitrogens with one attached hydrogen (secondary N) is 2. The maximum absolute atomic E-state index is 12.5. The molecule has 0 atom stereocenters. The van der Waals surface area contributed by atoms with Crippen LogP contribution in [-0.4, -0.2) is 36.1 Å². The Bertz CT molecular complexity index is 1060. The summed E-state index contributed by atoms with van der Waals surface area (Å²) in [5, 5.41) is 17.1. The summed E-state index contributed by atoms with van der Waals surface area (Å²) in [7, 11) is 1.55. The minimum atomic E-state index is -0.520. The first-order valence-corrected chi connectivity index (χ1v) is 9.98. The van der Waals surface area contributed by atoms with Crippen LogP contribution < -0.4 is 15.4 Å². The number of nitro groups is 1. The van der Waals surface area contributed by atoms with E-state index in [0.717, 1.165) is 11.3 Å². The molecule has 166 valence electrons. The van der Waals surface area contributed by atoms with E-state index >= 15 is 0 Å². The van der Waals surface area contributed by atoms with Crippen molar-refractivity contribution in [2.45, 2.75) is 13.2 Å². The highest BCUT2D eigenvalue weighted by molar-refractivity contribution is 5.95. The van der Waals surface area contributed by atoms with Crippen LogP contribution in [-0.2, 0) is 17.9 Å². The standard InChI is InChI=1S/C23H24N4O5/c1-31-12-11-25-21-9-8-18(14-22(21)27(29)30)23(28)26-15-17-5-4-7-20(13-17)32-16-19-6-2-3-10-24-19/h2-10,13-14,25H,11-12,15-16H2,1H3,(H,26,28). The Hall–Kier alpha value is -3.98. The molecule has 3 rings (SSSR count). The summed E-state index contributed by atoms with van der Waals surface area (Å²) < 4.78 is 10.7. The number of methoxy groups -OCH3 is 1. The highest BCUT2D eigenvalue weighted by atomic mass is 16.6. The normalized spacial score (nSPS) is 10.4. The Balaban J connectivity index is 1.60. The number of ether oxygens (including phenoxy) is 2. The molecule has 0 unspecified atom stereocenters. The number of aromatic nitrogens is 1. The molecule has 0 aliphatic carbocycles. The zero-order valence-corrected chi connectivity index (χ0v) is 17.6. The predicted octanol–water partition coefficient (Wildman–Crippen LogP) is 3.56. The molecule has 3 aromatic rings. The molecule has 1 aromatic heterocycles. The summed E-state index contributed by atoms with van der Waals surface area (Å²) in [5.41, 5.74) is 2.02. The Morgan fingerprint density at radius 3 is 2.75 bits per heavy atom. The van der Waals surface area contributed by atoms with Crippen molar-refractivity contribution in [1.82, 2.24) is 10.3 Å². The lowest BCUT2D eigenvalue weighted by Crippen LogP contribution is -2.23. The molecule has 9 nitrogen and oxygen atoms in total. The van der Waals surface area contributed by atoms with Crippen molar-refractivity contribution in [2.75, 3.05) is 25.6 Å². The summed E-state index contributed by atoms with van der Waals surface area (Å²) in [6.45, 7) is 1.41. The minimum absolute atomic E-state index is 0.168. The van der Waals surface area contributed by atoms with Crippen molar-refractivity contribution in [3.8, 4) is 5.75 Å². The van der Waals surface area contributed by atoms with Crippen LogP contribution in [0.5, 0.6) is 5.75 Å². The maximum atomic E-state index is 12.5. The largest absolute Gasteiger partial charge is 0.487 e. The van der Waals surface area contributed by atoms with Gasteiger partial charge in [-0.3, -0.25) is 19.9 Å². The number of amides is 1. The predicted molar refractivity (Wildman–Crippen MR) is 120 cm³/mol. The van der Waals surface area contributed by atoms with Gasteiger partial charge in [-0.05, 0) is 42.0 Å². The second-order valence-corrected chi connectivity index (χ2v) is 6.85. The monoisotopic (exact) mass is 436 g/mol. The molecule has 1 amide bonds. The lowest BCUT2D eigenvalue weighted by atomic mass is 10.1. The van der Waals surface area contributed by atoms with Crippen molar-refractivity contribution in [3.05, 3.63) is 93.8 Å². The number of anilines is 1. The first-order valence-electron chi connectivity index (χ1n) is 9.98. The van der Waals surface area contributed by atoms with Crippen LogP contribution in [0, 0.1) is 10.1 Å². The maximum Gasteiger partial charge on any atom is 0.293 e. The number of carbonyl (C=O) groups is 1. The van der Waals surface area contributed by atoms with Crippen LogP contribution in [0.25, 0.3) is 0 Å². The molecule has 0 bridgehead atoms. The van der Waals surface area contributed by atoms with Crippen molar-refractivity contribution >= 4 is 17.3 Å². The SMILES string of the molecule is COCCNc1ccc(C(=O)NCc2cccc(OCc3ccccn3)c2)cc1[N+](=O)[O-]. The zero-order chi connectivity index (χ0) is 22.8. The fraction of sp³-hybridized carbons (Fsp3) is 0.217. The third kappa shape index (κ3) is 6.51. The molecule has 32 heavy (non-hydrogen) atoms. The minimum Gasteiger partial charge on any atom is -0.487 e. The second-order valence-electron chi connectivity index (χ2n) is 6.85. The summed E-state index contributed by atoms with van der Waals surface area (Å²) >= 11 is 0. The smallest absolute Gasteiger partial charge is 0.293 e. The van der Waals surface area contributed by atoms with Gasteiger partial charge in [0.25, 0.3) is 11.6 Å². The molecule has 2 aromatic carbocycles. The number of pyridine rings is 1. The van der Waals surface area contributed by atoms with Crippen LogP contribution in [0.15, 0.2) is 66.9 Å². The van der Waals surface area contributed by atoms with Gasteiger partial charge in [0.1, 0.15) is 18.0 Å². The van der Waals surface area contributed by atoms with Gasteiger partial charge < -0.3 is 20.1 Å². The third-order valence-corrected chi connectivity index (χ3v) is 4.54. The van der Waals surface area contributed by atoms with Crippen LogP contribution >= 0.6 is 0 Å². The van der Waals surface area contributed by atoms with E-state index in [1.165, 1.54) is 12.1 Å². The molecule has 1 heterocycles. The summed E-state index contributed by atoms with van der Waals surface area (Å²) in [4.78, 5) is 27.6. The van der Waals surface area contributed by atoms with Gasteiger partial charge in [-0.1, -0.05) is 18.2 Å². The molecule has 0 spiro atoms. The van der Waals surface area contributed by atoms with E-state index in [2.05, 4.69) is 15.6 Å². The van der Waals surface area contributed by atoms with Gasteiger partial charge in [0.05, 0.1) is 17.2 Å². The Labute approximate surface area is 185 Å². The number of hydrogen-bond acceptors (Lipinski definition) is 7. The Kier molecular flexibility index (Phi) is 8.10. The van der Waals surface area contributed by atoms with Crippen molar-refractivity contribution < 1.29 is 19.2 Å². The quantitative estimate of drug-likeness (QED) is 0.268. The van der Waals surface area contributed by atoms with Gasteiger partial charge >= 0.3 is 0 Å². The first kappa shape index (κ1) is 22.7.